The summed E-state index contributed by atoms with van der Waals surface area (Å²) in [6, 6.07) is 16.6. The van der Waals surface area contributed by atoms with Crippen molar-refractivity contribution in [3.05, 3.63) is 59.7 Å². The van der Waals surface area contributed by atoms with Crippen molar-refractivity contribution in [1.29, 1.82) is 0 Å². The van der Waals surface area contributed by atoms with Crippen molar-refractivity contribution in [2.24, 2.45) is 0 Å². The minimum Gasteiger partial charge on any atom is -0.389 e. The van der Waals surface area contributed by atoms with Crippen molar-refractivity contribution in [1.82, 2.24) is 0 Å². The van der Waals surface area contributed by atoms with Gasteiger partial charge in [-0.3, -0.25) is 0 Å². The molecule has 1 atom stereocenters. The standard InChI is InChI=1S/C17H20O/c1-12(2)16-10-9-15(13(3)18)11-17(16)14-7-5-4-6-8-14/h4-13,18H,1-3H3. The summed E-state index contributed by atoms with van der Waals surface area (Å²) in [6.07, 6.45) is -0.423. The molecule has 94 valence electrons. The molecule has 0 fully saturated rings. The van der Waals surface area contributed by atoms with Crippen molar-refractivity contribution >= 4 is 0 Å². The Morgan fingerprint density at radius 2 is 1.56 bits per heavy atom. The third-order valence-electron chi connectivity index (χ3n) is 3.27. The summed E-state index contributed by atoms with van der Waals surface area (Å²) in [7, 11) is 0. The monoisotopic (exact) mass is 240 g/mol. The zero-order valence-corrected chi connectivity index (χ0v) is 11.2. The van der Waals surface area contributed by atoms with Gasteiger partial charge in [-0.05, 0) is 41.2 Å². The van der Waals surface area contributed by atoms with E-state index >= 15 is 0 Å². The highest BCUT2D eigenvalue weighted by Gasteiger charge is 2.11. The van der Waals surface area contributed by atoms with E-state index in [9.17, 15) is 5.11 Å². The predicted octanol–water partition coefficient (Wildman–Crippen LogP) is 4.53. The van der Waals surface area contributed by atoms with E-state index in [1.807, 2.05) is 12.1 Å². The predicted molar refractivity (Wildman–Crippen MR) is 76.6 cm³/mol. The summed E-state index contributed by atoms with van der Waals surface area (Å²) in [6.45, 7) is 6.20. The Kier molecular flexibility index (Phi) is 3.83. The van der Waals surface area contributed by atoms with Crippen LogP contribution in [0.5, 0.6) is 0 Å². The Morgan fingerprint density at radius 3 is 2.11 bits per heavy atom. The SMILES string of the molecule is CC(C)c1ccc(C(C)O)cc1-c1ccccc1. The van der Waals surface area contributed by atoms with Crippen molar-refractivity contribution in [3.63, 3.8) is 0 Å². The van der Waals surface area contributed by atoms with Crippen molar-refractivity contribution in [2.45, 2.75) is 32.8 Å². The summed E-state index contributed by atoms with van der Waals surface area (Å²) in [4.78, 5) is 0. The summed E-state index contributed by atoms with van der Waals surface area (Å²) in [5.74, 6) is 0.475. The Bertz CT molecular complexity index is 512. The average molecular weight is 240 g/mol. The number of aliphatic hydroxyl groups is 1. The molecule has 2 aromatic rings. The normalized spacial score (nSPS) is 12.7. The van der Waals surface area contributed by atoms with Crippen LogP contribution in [0.4, 0.5) is 0 Å². The molecule has 1 nitrogen and oxygen atoms in total. The molecule has 0 amide bonds. The fourth-order valence-electron chi connectivity index (χ4n) is 2.20. The zero-order chi connectivity index (χ0) is 13.1. The maximum atomic E-state index is 9.72. The molecule has 0 aliphatic carbocycles. The molecule has 0 spiro atoms. The van der Waals surface area contributed by atoms with Gasteiger partial charge in [0.2, 0.25) is 0 Å². The van der Waals surface area contributed by atoms with E-state index in [-0.39, 0.29) is 0 Å². The molecule has 0 aliphatic rings. The first-order chi connectivity index (χ1) is 8.59. The molecular weight excluding hydrogens is 220 g/mol. The molecule has 0 aromatic heterocycles. The van der Waals surface area contributed by atoms with E-state index in [1.54, 1.807) is 6.92 Å². The maximum Gasteiger partial charge on any atom is 0.0762 e. The highest BCUT2D eigenvalue weighted by molar-refractivity contribution is 5.69. The number of rotatable bonds is 3. The quantitative estimate of drug-likeness (QED) is 0.835. The Labute approximate surface area is 109 Å². The van der Waals surface area contributed by atoms with E-state index in [4.69, 9.17) is 0 Å². The fourth-order valence-corrected chi connectivity index (χ4v) is 2.20. The second-order valence-corrected chi connectivity index (χ2v) is 5.04. The van der Waals surface area contributed by atoms with Gasteiger partial charge in [-0.15, -0.1) is 0 Å². The third kappa shape index (κ3) is 2.62. The first-order valence-electron chi connectivity index (χ1n) is 6.47. The van der Waals surface area contributed by atoms with Crippen molar-refractivity contribution in [3.8, 4) is 11.1 Å². The van der Waals surface area contributed by atoms with E-state index in [0.29, 0.717) is 5.92 Å². The molecule has 0 radical (unpaired) electrons. The number of aliphatic hydroxyl groups excluding tert-OH is 1. The van der Waals surface area contributed by atoms with E-state index in [2.05, 4.69) is 50.2 Å². The third-order valence-corrected chi connectivity index (χ3v) is 3.27. The highest BCUT2D eigenvalue weighted by atomic mass is 16.3. The van der Waals surface area contributed by atoms with Crippen LogP contribution in [0.1, 0.15) is 43.9 Å². The first-order valence-corrected chi connectivity index (χ1v) is 6.47. The van der Waals surface area contributed by atoms with Gasteiger partial charge in [-0.2, -0.15) is 0 Å². The van der Waals surface area contributed by atoms with Gasteiger partial charge in [0.25, 0.3) is 0 Å². The molecule has 2 rings (SSSR count). The molecule has 0 aliphatic heterocycles. The molecule has 0 bridgehead atoms. The Balaban J connectivity index is 2.58. The van der Waals surface area contributed by atoms with Crippen LogP contribution in [0.2, 0.25) is 0 Å². The summed E-state index contributed by atoms with van der Waals surface area (Å²) in [5.41, 5.74) is 4.73. The lowest BCUT2D eigenvalue weighted by atomic mass is 9.90. The number of hydrogen-bond acceptors (Lipinski definition) is 1. The van der Waals surface area contributed by atoms with Crippen LogP contribution in [-0.2, 0) is 0 Å². The molecule has 2 aromatic carbocycles. The van der Waals surface area contributed by atoms with Gasteiger partial charge in [0.1, 0.15) is 0 Å². The molecule has 1 unspecified atom stereocenters. The molecular formula is C17H20O. The van der Waals surface area contributed by atoms with Crippen LogP contribution in [0.15, 0.2) is 48.5 Å². The lowest BCUT2D eigenvalue weighted by Crippen LogP contribution is -1.97. The second kappa shape index (κ2) is 5.36. The van der Waals surface area contributed by atoms with Gasteiger partial charge >= 0.3 is 0 Å². The van der Waals surface area contributed by atoms with Crippen LogP contribution >= 0.6 is 0 Å². The topological polar surface area (TPSA) is 20.2 Å². The maximum absolute atomic E-state index is 9.72. The van der Waals surface area contributed by atoms with Gasteiger partial charge in [0.15, 0.2) is 0 Å². The molecule has 0 heterocycles. The van der Waals surface area contributed by atoms with Crippen LogP contribution in [0.3, 0.4) is 0 Å². The van der Waals surface area contributed by atoms with Crippen LogP contribution in [0, 0.1) is 0 Å². The highest BCUT2D eigenvalue weighted by Crippen LogP contribution is 2.31. The van der Waals surface area contributed by atoms with Gasteiger partial charge in [0, 0.05) is 0 Å². The Hall–Kier alpha value is -1.60. The number of hydrogen-bond donors (Lipinski definition) is 1. The molecule has 18 heavy (non-hydrogen) atoms. The Morgan fingerprint density at radius 1 is 0.889 bits per heavy atom. The minimum absolute atomic E-state index is 0.423. The summed E-state index contributed by atoms with van der Waals surface area (Å²) >= 11 is 0. The van der Waals surface area contributed by atoms with Gasteiger partial charge in [0.05, 0.1) is 6.10 Å². The van der Waals surface area contributed by atoms with E-state index in [1.165, 1.54) is 16.7 Å². The van der Waals surface area contributed by atoms with Gasteiger partial charge in [-0.25, -0.2) is 0 Å². The molecule has 0 saturated heterocycles. The fraction of sp³-hybridized carbons (Fsp3) is 0.294. The van der Waals surface area contributed by atoms with Crippen molar-refractivity contribution < 1.29 is 5.11 Å². The minimum atomic E-state index is -0.423. The summed E-state index contributed by atoms with van der Waals surface area (Å²) in [5, 5.41) is 9.72. The van der Waals surface area contributed by atoms with E-state index in [0.717, 1.165) is 5.56 Å². The smallest absolute Gasteiger partial charge is 0.0762 e. The lowest BCUT2D eigenvalue weighted by Gasteiger charge is -2.16. The van der Waals surface area contributed by atoms with E-state index < -0.39 is 6.10 Å². The number of benzene rings is 2. The lowest BCUT2D eigenvalue weighted by molar-refractivity contribution is 0.199. The van der Waals surface area contributed by atoms with Crippen LogP contribution in [0.25, 0.3) is 11.1 Å². The van der Waals surface area contributed by atoms with Gasteiger partial charge in [-0.1, -0.05) is 56.3 Å². The molecule has 1 N–H and O–H groups in total. The molecule has 0 saturated carbocycles. The second-order valence-electron chi connectivity index (χ2n) is 5.04. The first kappa shape index (κ1) is 12.8. The van der Waals surface area contributed by atoms with Crippen LogP contribution < -0.4 is 0 Å². The summed E-state index contributed by atoms with van der Waals surface area (Å²) < 4.78 is 0. The van der Waals surface area contributed by atoms with Crippen LogP contribution in [-0.4, -0.2) is 5.11 Å². The largest absolute Gasteiger partial charge is 0.389 e. The van der Waals surface area contributed by atoms with Gasteiger partial charge < -0.3 is 5.11 Å². The zero-order valence-electron chi connectivity index (χ0n) is 11.2. The molecule has 1 heteroatoms. The van der Waals surface area contributed by atoms with Crippen molar-refractivity contribution in [2.75, 3.05) is 0 Å². The average Bonchev–Trinajstić information content (AvgIpc) is 2.39.